The van der Waals surface area contributed by atoms with Crippen LogP contribution in [0.15, 0.2) is 42.5 Å². The van der Waals surface area contributed by atoms with Gasteiger partial charge in [0.05, 0.1) is 13.2 Å². The number of carbonyl (C=O) groups excluding carboxylic acids is 3. The maximum absolute atomic E-state index is 12.8. The number of nitrogens with one attached hydrogen (secondary N) is 2. The minimum atomic E-state index is -1.77. The van der Waals surface area contributed by atoms with Gasteiger partial charge in [-0.3, -0.25) is 9.59 Å². The molecule has 6 unspecified atom stereocenters. The minimum Gasteiger partial charge on any atom is -0.434 e. The first kappa shape index (κ1) is 31.2. The molecule has 6 atom stereocenters. The average molecular weight is 537 g/mol. The quantitative estimate of drug-likeness (QED) is 0.204. The Hall–Kier alpha value is -2.99. The van der Waals surface area contributed by atoms with Crippen LogP contribution in [0.1, 0.15) is 39.2 Å². The molecule has 0 saturated carbocycles. The maximum atomic E-state index is 12.8. The summed E-state index contributed by atoms with van der Waals surface area (Å²) < 4.78 is 15.5. The second kappa shape index (κ2) is 14.8. The van der Waals surface area contributed by atoms with Crippen molar-refractivity contribution in [2.75, 3.05) is 20.3 Å². The summed E-state index contributed by atoms with van der Waals surface area (Å²) in [5.74, 6) is -1.34. The van der Waals surface area contributed by atoms with Crippen molar-refractivity contribution in [3.8, 4) is 0 Å². The molecule has 1 aliphatic heterocycles. The monoisotopic (exact) mass is 536 g/mol. The van der Waals surface area contributed by atoms with Gasteiger partial charge in [0.25, 0.3) is 5.91 Å². The Morgan fingerprint density at radius 1 is 1.13 bits per heavy atom. The number of aliphatic hydroxyl groups is 3. The third kappa shape index (κ3) is 10.4. The van der Waals surface area contributed by atoms with Crippen LogP contribution >= 0.6 is 0 Å². The summed E-state index contributed by atoms with van der Waals surface area (Å²) in [6.45, 7) is 5.88. The normalized spacial score (nSPS) is 21.5. The highest BCUT2D eigenvalue weighted by Crippen LogP contribution is 2.17. The van der Waals surface area contributed by atoms with Gasteiger partial charge in [0.2, 0.25) is 5.91 Å². The van der Waals surface area contributed by atoms with Crippen molar-refractivity contribution in [2.45, 2.75) is 76.6 Å². The summed E-state index contributed by atoms with van der Waals surface area (Å²) in [5.41, 5.74) is 0.750. The fourth-order valence-corrected chi connectivity index (χ4v) is 3.77. The lowest BCUT2D eigenvalue weighted by atomic mass is 9.94. The Bertz CT molecular complexity index is 932. The van der Waals surface area contributed by atoms with E-state index in [9.17, 15) is 29.7 Å². The SMILES string of the molecule is COC(C(=O)NC1CCC(OC(=O)OCCc2ccccc2)CNC1=O)C(O)C(O)C(O)C=CC(C)(C)C. The molecule has 0 radical (unpaired) electrons. The Kier molecular flexibility index (Phi) is 12.2. The van der Waals surface area contributed by atoms with Crippen LogP contribution in [-0.4, -0.2) is 90.1 Å². The highest BCUT2D eigenvalue weighted by Gasteiger charge is 2.37. The standard InChI is InChI=1S/C27H40N2O9/c1-27(2,3)14-12-20(30)21(31)22(32)23(36-4)25(34)29-19-11-10-18(16-28-24(19)33)38-26(35)37-15-13-17-8-6-5-7-9-17/h5-9,12,14,18-23,30-32H,10-11,13,15-16H2,1-4H3,(H,28,33)(H,29,34). The molecule has 11 heteroatoms. The molecule has 1 aromatic carbocycles. The predicted octanol–water partition coefficient (Wildman–Crippen LogP) is 0.846. The lowest BCUT2D eigenvalue weighted by Crippen LogP contribution is -2.55. The number of carbonyl (C=O) groups is 3. The number of amides is 2. The Morgan fingerprint density at radius 3 is 2.45 bits per heavy atom. The summed E-state index contributed by atoms with van der Waals surface area (Å²) >= 11 is 0. The molecule has 212 valence electrons. The van der Waals surface area contributed by atoms with Crippen molar-refractivity contribution in [1.82, 2.24) is 10.6 Å². The number of rotatable bonds is 11. The van der Waals surface area contributed by atoms with Gasteiger partial charge in [0.15, 0.2) is 6.10 Å². The zero-order valence-corrected chi connectivity index (χ0v) is 22.3. The molecule has 0 aliphatic carbocycles. The van der Waals surface area contributed by atoms with Crippen molar-refractivity contribution in [2.24, 2.45) is 5.41 Å². The van der Waals surface area contributed by atoms with Gasteiger partial charge in [-0.15, -0.1) is 0 Å². The Labute approximate surface area is 223 Å². The molecular formula is C27H40N2O9. The fourth-order valence-electron chi connectivity index (χ4n) is 3.77. The number of hydrogen-bond acceptors (Lipinski definition) is 9. The van der Waals surface area contributed by atoms with Crippen molar-refractivity contribution in [3.05, 3.63) is 48.0 Å². The molecule has 11 nitrogen and oxygen atoms in total. The largest absolute Gasteiger partial charge is 0.508 e. The molecule has 0 bridgehead atoms. The number of benzene rings is 1. The van der Waals surface area contributed by atoms with Crippen LogP contribution in [0.5, 0.6) is 0 Å². The van der Waals surface area contributed by atoms with Gasteiger partial charge in [-0.05, 0) is 23.8 Å². The molecule has 2 rings (SSSR count). The number of aliphatic hydroxyl groups excluding tert-OH is 3. The molecule has 1 fully saturated rings. The van der Waals surface area contributed by atoms with E-state index < -0.39 is 54.5 Å². The van der Waals surface area contributed by atoms with E-state index in [4.69, 9.17) is 14.2 Å². The fraction of sp³-hybridized carbons (Fsp3) is 0.593. The first-order valence-corrected chi connectivity index (χ1v) is 12.6. The smallest absolute Gasteiger partial charge is 0.434 e. The zero-order chi connectivity index (χ0) is 28.3. The number of methoxy groups -OCH3 is 1. The zero-order valence-electron chi connectivity index (χ0n) is 22.3. The van der Waals surface area contributed by atoms with Crippen LogP contribution < -0.4 is 10.6 Å². The van der Waals surface area contributed by atoms with Crippen molar-refractivity contribution in [1.29, 1.82) is 0 Å². The topological polar surface area (TPSA) is 164 Å². The Morgan fingerprint density at radius 2 is 1.82 bits per heavy atom. The van der Waals surface area contributed by atoms with Crippen LogP contribution in [-0.2, 0) is 30.2 Å². The molecule has 0 spiro atoms. The van der Waals surface area contributed by atoms with Gasteiger partial charge in [-0.1, -0.05) is 63.3 Å². The minimum absolute atomic E-state index is 0.0420. The lowest BCUT2D eigenvalue weighted by Gasteiger charge is -2.28. The third-order valence-electron chi connectivity index (χ3n) is 5.95. The molecule has 5 N–H and O–H groups in total. The summed E-state index contributed by atoms with van der Waals surface area (Å²) in [7, 11) is 1.16. The second-order valence-electron chi connectivity index (χ2n) is 10.3. The van der Waals surface area contributed by atoms with Crippen molar-refractivity contribution >= 4 is 18.0 Å². The van der Waals surface area contributed by atoms with Crippen molar-refractivity contribution < 1.29 is 43.9 Å². The first-order chi connectivity index (χ1) is 17.9. The van der Waals surface area contributed by atoms with Gasteiger partial charge in [0.1, 0.15) is 30.5 Å². The lowest BCUT2D eigenvalue weighted by molar-refractivity contribution is -0.150. The maximum Gasteiger partial charge on any atom is 0.508 e. The summed E-state index contributed by atoms with van der Waals surface area (Å²) in [6, 6.07) is 8.53. The summed E-state index contributed by atoms with van der Waals surface area (Å²) in [5, 5.41) is 36.1. The van der Waals surface area contributed by atoms with E-state index in [1.807, 2.05) is 51.1 Å². The first-order valence-electron chi connectivity index (χ1n) is 12.6. The van der Waals surface area contributed by atoms with Crippen molar-refractivity contribution in [3.63, 3.8) is 0 Å². The van der Waals surface area contributed by atoms with Gasteiger partial charge >= 0.3 is 6.16 Å². The van der Waals surface area contributed by atoms with E-state index in [1.54, 1.807) is 6.08 Å². The highest BCUT2D eigenvalue weighted by molar-refractivity contribution is 5.89. The van der Waals surface area contributed by atoms with Gasteiger partial charge in [-0.25, -0.2) is 4.79 Å². The van der Waals surface area contributed by atoms with E-state index in [1.165, 1.54) is 6.08 Å². The van der Waals surface area contributed by atoms with Crippen LogP contribution in [0.3, 0.4) is 0 Å². The predicted molar refractivity (Wildman–Crippen MR) is 138 cm³/mol. The van der Waals surface area contributed by atoms with E-state index in [-0.39, 0.29) is 31.4 Å². The molecular weight excluding hydrogens is 496 g/mol. The number of hydrogen-bond donors (Lipinski definition) is 5. The third-order valence-corrected chi connectivity index (χ3v) is 5.95. The highest BCUT2D eigenvalue weighted by atomic mass is 16.7. The summed E-state index contributed by atoms with van der Waals surface area (Å²) in [6.07, 6.45) is -4.02. The van der Waals surface area contributed by atoms with E-state index in [0.717, 1.165) is 12.7 Å². The van der Waals surface area contributed by atoms with Crippen LogP contribution in [0.2, 0.25) is 0 Å². The molecule has 1 aromatic rings. The molecule has 0 aromatic heterocycles. The summed E-state index contributed by atoms with van der Waals surface area (Å²) in [4.78, 5) is 37.4. The molecule has 1 heterocycles. The Balaban J connectivity index is 1.86. The van der Waals surface area contributed by atoms with Crippen LogP contribution in [0.4, 0.5) is 4.79 Å². The van der Waals surface area contributed by atoms with E-state index in [0.29, 0.717) is 6.42 Å². The van der Waals surface area contributed by atoms with Gasteiger partial charge in [0, 0.05) is 13.5 Å². The average Bonchev–Trinajstić information content (AvgIpc) is 3.03. The van der Waals surface area contributed by atoms with Gasteiger partial charge in [-0.2, -0.15) is 0 Å². The van der Waals surface area contributed by atoms with Crippen LogP contribution in [0, 0.1) is 5.41 Å². The van der Waals surface area contributed by atoms with Gasteiger partial charge < -0.3 is 40.2 Å². The molecule has 2 amide bonds. The number of ether oxygens (including phenoxy) is 3. The van der Waals surface area contributed by atoms with E-state index >= 15 is 0 Å². The molecule has 38 heavy (non-hydrogen) atoms. The van der Waals surface area contributed by atoms with Crippen LogP contribution in [0.25, 0.3) is 0 Å². The number of allylic oxidation sites excluding steroid dienone is 1. The molecule has 1 aliphatic rings. The molecule has 1 saturated heterocycles. The second-order valence-corrected chi connectivity index (χ2v) is 10.3. The van der Waals surface area contributed by atoms with E-state index in [2.05, 4.69) is 10.6 Å².